The predicted molar refractivity (Wildman–Crippen MR) is 49.6 cm³/mol. The standard InChI is InChI=1S/C10H21N/c1-8(2)7-11-10(5,6)9(8,3)4/h11H,7H2,1-6H3. The molecule has 0 bridgehead atoms. The van der Waals surface area contributed by atoms with Gasteiger partial charge in [-0.15, -0.1) is 0 Å². The second-order valence-corrected chi connectivity index (χ2v) is 5.49. The molecule has 0 aromatic carbocycles. The third-order valence-corrected chi connectivity index (χ3v) is 4.23. The highest BCUT2D eigenvalue weighted by molar-refractivity contribution is 5.08. The number of hydrogen-bond acceptors (Lipinski definition) is 1. The van der Waals surface area contributed by atoms with Crippen LogP contribution in [0.4, 0.5) is 0 Å². The minimum atomic E-state index is 0.274. The molecule has 0 saturated carbocycles. The summed E-state index contributed by atoms with van der Waals surface area (Å²) in [5, 5.41) is 3.58. The van der Waals surface area contributed by atoms with Crippen molar-refractivity contribution in [2.24, 2.45) is 10.8 Å². The molecule has 1 N–H and O–H groups in total. The summed E-state index contributed by atoms with van der Waals surface area (Å²) in [5.74, 6) is 0. The van der Waals surface area contributed by atoms with Gasteiger partial charge in [-0.3, -0.25) is 0 Å². The Balaban J connectivity index is 3.00. The van der Waals surface area contributed by atoms with E-state index in [1.165, 1.54) is 0 Å². The summed E-state index contributed by atoms with van der Waals surface area (Å²) in [6.07, 6.45) is 0. The van der Waals surface area contributed by atoms with Crippen molar-refractivity contribution < 1.29 is 0 Å². The van der Waals surface area contributed by atoms with Crippen molar-refractivity contribution in [2.45, 2.75) is 47.1 Å². The van der Waals surface area contributed by atoms with Gasteiger partial charge in [-0.2, -0.15) is 0 Å². The number of rotatable bonds is 0. The Morgan fingerprint density at radius 2 is 1.36 bits per heavy atom. The monoisotopic (exact) mass is 155 g/mol. The first kappa shape index (κ1) is 9.05. The minimum absolute atomic E-state index is 0.274. The van der Waals surface area contributed by atoms with Crippen LogP contribution in [0.2, 0.25) is 0 Å². The maximum absolute atomic E-state index is 3.58. The topological polar surface area (TPSA) is 12.0 Å². The zero-order valence-electron chi connectivity index (χ0n) is 8.71. The lowest BCUT2D eigenvalue weighted by Crippen LogP contribution is -2.46. The van der Waals surface area contributed by atoms with Crippen molar-refractivity contribution in [3.05, 3.63) is 0 Å². The van der Waals surface area contributed by atoms with Crippen LogP contribution in [-0.2, 0) is 0 Å². The van der Waals surface area contributed by atoms with Crippen LogP contribution in [0.25, 0.3) is 0 Å². The molecule has 0 atom stereocenters. The van der Waals surface area contributed by atoms with Crippen molar-refractivity contribution >= 4 is 0 Å². The highest BCUT2D eigenvalue weighted by atomic mass is 15.0. The third-order valence-electron chi connectivity index (χ3n) is 4.23. The van der Waals surface area contributed by atoms with E-state index in [0.717, 1.165) is 6.54 Å². The molecule has 1 nitrogen and oxygen atoms in total. The summed E-state index contributed by atoms with van der Waals surface area (Å²) < 4.78 is 0. The lowest BCUT2D eigenvalue weighted by molar-refractivity contribution is 0.104. The molecular weight excluding hydrogens is 134 g/mol. The molecule has 0 amide bonds. The highest BCUT2D eigenvalue weighted by Crippen LogP contribution is 2.50. The molecule has 1 aliphatic heterocycles. The van der Waals surface area contributed by atoms with Crippen LogP contribution < -0.4 is 5.32 Å². The van der Waals surface area contributed by atoms with Gasteiger partial charge in [0.2, 0.25) is 0 Å². The summed E-state index contributed by atoms with van der Waals surface area (Å²) in [7, 11) is 0. The maximum Gasteiger partial charge on any atom is 0.0181 e. The summed E-state index contributed by atoms with van der Waals surface area (Å²) in [6.45, 7) is 15.1. The Bertz CT molecular complexity index is 148. The van der Waals surface area contributed by atoms with E-state index >= 15 is 0 Å². The first-order valence-corrected chi connectivity index (χ1v) is 4.46. The van der Waals surface area contributed by atoms with E-state index in [0.29, 0.717) is 10.8 Å². The lowest BCUT2D eigenvalue weighted by atomic mass is 9.62. The third kappa shape index (κ3) is 1.01. The maximum atomic E-state index is 3.58. The van der Waals surface area contributed by atoms with Gasteiger partial charge in [0.05, 0.1) is 0 Å². The smallest absolute Gasteiger partial charge is 0.0181 e. The van der Waals surface area contributed by atoms with Gasteiger partial charge < -0.3 is 5.32 Å². The Morgan fingerprint density at radius 3 is 1.45 bits per heavy atom. The van der Waals surface area contributed by atoms with Crippen LogP contribution in [0.1, 0.15) is 41.5 Å². The molecule has 0 unspecified atom stereocenters. The van der Waals surface area contributed by atoms with Gasteiger partial charge in [-0.25, -0.2) is 0 Å². The van der Waals surface area contributed by atoms with E-state index in [4.69, 9.17) is 0 Å². The molecule has 1 rings (SSSR count). The Morgan fingerprint density at radius 1 is 0.909 bits per heavy atom. The van der Waals surface area contributed by atoms with Gasteiger partial charge in [0.25, 0.3) is 0 Å². The van der Waals surface area contributed by atoms with Gasteiger partial charge in [0, 0.05) is 12.1 Å². The van der Waals surface area contributed by atoms with Gasteiger partial charge >= 0.3 is 0 Å². The zero-order chi connectivity index (χ0) is 8.91. The van der Waals surface area contributed by atoms with Gasteiger partial charge in [0.15, 0.2) is 0 Å². The number of nitrogens with one attached hydrogen (secondary N) is 1. The molecule has 1 aliphatic rings. The van der Waals surface area contributed by atoms with Crippen molar-refractivity contribution in [1.29, 1.82) is 0 Å². The SMILES string of the molecule is CC1(C)CNC(C)(C)C1(C)C. The van der Waals surface area contributed by atoms with E-state index in [9.17, 15) is 0 Å². The Hall–Kier alpha value is -0.0400. The van der Waals surface area contributed by atoms with E-state index < -0.39 is 0 Å². The van der Waals surface area contributed by atoms with E-state index in [1.807, 2.05) is 0 Å². The van der Waals surface area contributed by atoms with Crippen molar-refractivity contribution in [2.75, 3.05) is 6.54 Å². The highest BCUT2D eigenvalue weighted by Gasteiger charge is 2.52. The fraction of sp³-hybridized carbons (Fsp3) is 1.00. The molecule has 0 aromatic rings. The van der Waals surface area contributed by atoms with Gasteiger partial charge in [0.1, 0.15) is 0 Å². The fourth-order valence-corrected chi connectivity index (χ4v) is 1.73. The van der Waals surface area contributed by atoms with Gasteiger partial charge in [-0.05, 0) is 24.7 Å². The molecule has 11 heavy (non-hydrogen) atoms. The second-order valence-electron chi connectivity index (χ2n) is 5.49. The molecule has 0 radical (unpaired) electrons. The normalized spacial score (nSPS) is 32.2. The molecule has 1 fully saturated rings. The largest absolute Gasteiger partial charge is 0.311 e. The van der Waals surface area contributed by atoms with E-state index in [2.05, 4.69) is 46.9 Å². The first-order valence-electron chi connectivity index (χ1n) is 4.46. The van der Waals surface area contributed by atoms with Crippen molar-refractivity contribution in [3.8, 4) is 0 Å². The molecule has 1 heteroatoms. The molecule has 0 aliphatic carbocycles. The molecule has 66 valence electrons. The lowest BCUT2D eigenvalue weighted by Gasteiger charge is -2.42. The van der Waals surface area contributed by atoms with E-state index in [-0.39, 0.29) is 5.54 Å². The van der Waals surface area contributed by atoms with Crippen LogP contribution in [0.3, 0.4) is 0 Å². The van der Waals surface area contributed by atoms with Crippen molar-refractivity contribution in [3.63, 3.8) is 0 Å². The fourth-order valence-electron chi connectivity index (χ4n) is 1.73. The summed E-state index contributed by atoms with van der Waals surface area (Å²) >= 11 is 0. The first-order chi connectivity index (χ1) is 4.71. The van der Waals surface area contributed by atoms with Crippen LogP contribution in [0.15, 0.2) is 0 Å². The molecule has 0 spiro atoms. The Kier molecular flexibility index (Phi) is 1.65. The predicted octanol–water partition coefficient (Wildman–Crippen LogP) is 2.42. The van der Waals surface area contributed by atoms with E-state index in [1.54, 1.807) is 0 Å². The average Bonchev–Trinajstić information content (AvgIpc) is 1.93. The molecule has 1 saturated heterocycles. The summed E-state index contributed by atoms with van der Waals surface area (Å²) in [6, 6.07) is 0. The second kappa shape index (κ2) is 2.01. The van der Waals surface area contributed by atoms with Gasteiger partial charge in [-0.1, -0.05) is 27.7 Å². The summed E-state index contributed by atoms with van der Waals surface area (Å²) in [5.41, 5.74) is 1.06. The molecular formula is C10H21N. The molecule has 0 aromatic heterocycles. The van der Waals surface area contributed by atoms with Crippen LogP contribution in [0.5, 0.6) is 0 Å². The van der Waals surface area contributed by atoms with Crippen molar-refractivity contribution in [1.82, 2.24) is 5.32 Å². The van der Waals surface area contributed by atoms with Crippen LogP contribution in [-0.4, -0.2) is 12.1 Å². The van der Waals surface area contributed by atoms with Crippen LogP contribution >= 0.6 is 0 Å². The molecule has 1 heterocycles. The average molecular weight is 155 g/mol. The zero-order valence-corrected chi connectivity index (χ0v) is 8.71. The Labute approximate surface area is 70.6 Å². The number of hydrogen-bond donors (Lipinski definition) is 1. The quantitative estimate of drug-likeness (QED) is 0.566. The minimum Gasteiger partial charge on any atom is -0.311 e. The van der Waals surface area contributed by atoms with Crippen LogP contribution in [0, 0.1) is 10.8 Å². The summed E-state index contributed by atoms with van der Waals surface area (Å²) in [4.78, 5) is 0.